The van der Waals surface area contributed by atoms with Gasteiger partial charge in [0.05, 0.1) is 17.1 Å². The van der Waals surface area contributed by atoms with Crippen molar-refractivity contribution >= 4 is 16.9 Å². The molecule has 11 heteroatoms. The minimum Gasteiger partial charge on any atom is -0.475 e. The molecule has 3 aromatic rings. The van der Waals surface area contributed by atoms with Gasteiger partial charge < -0.3 is 9.63 Å². The molecule has 0 bridgehead atoms. The third-order valence-corrected chi connectivity index (χ3v) is 5.50. The summed E-state index contributed by atoms with van der Waals surface area (Å²) in [5, 5.41) is 17.2. The first-order chi connectivity index (χ1) is 15.0. The average Bonchev–Trinajstić information content (AvgIpc) is 3.31. The Labute approximate surface area is 183 Å². The van der Waals surface area contributed by atoms with E-state index < -0.39 is 12.1 Å². The van der Waals surface area contributed by atoms with Crippen molar-refractivity contribution < 1.29 is 27.6 Å². The summed E-state index contributed by atoms with van der Waals surface area (Å²) >= 11 is 0. The van der Waals surface area contributed by atoms with Gasteiger partial charge in [0.15, 0.2) is 0 Å². The number of alkyl halides is 3. The monoisotopic (exact) mass is 453 g/mol. The first kappa shape index (κ1) is 23.7. The van der Waals surface area contributed by atoms with E-state index in [0.717, 1.165) is 35.6 Å². The molecule has 1 N–H and O–H groups in total. The lowest BCUT2D eigenvalue weighted by Gasteiger charge is -2.41. The predicted molar refractivity (Wildman–Crippen MR) is 111 cm³/mol. The van der Waals surface area contributed by atoms with E-state index in [2.05, 4.69) is 54.9 Å². The summed E-state index contributed by atoms with van der Waals surface area (Å²) < 4.78 is 39.1. The standard InChI is InChI=1S/C19H25N5O.C2HF3O2/c1-5-13(4)23-10-14(11-23)18-20-19(22-25-18)24-16-9-7-6-8-15(16)17(21-24)12(2)3;3-2(4,5)1(6)7/h6-9,12-14H,5,10-11H2,1-4H3;(H,6,7). The number of nitrogens with zero attached hydrogens (tertiary/aromatic N) is 5. The van der Waals surface area contributed by atoms with E-state index >= 15 is 0 Å². The molecular weight excluding hydrogens is 427 g/mol. The summed E-state index contributed by atoms with van der Waals surface area (Å²) in [7, 11) is 0. The fraction of sp³-hybridized carbons (Fsp3) is 0.524. The second kappa shape index (κ2) is 9.27. The maximum absolute atomic E-state index is 10.6. The van der Waals surface area contributed by atoms with E-state index in [1.165, 1.54) is 6.42 Å². The second-order valence-corrected chi connectivity index (χ2v) is 8.11. The van der Waals surface area contributed by atoms with Gasteiger partial charge in [0, 0.05) is 24.5 Å². The van der Waals surface area contributed by atoms with Gasteiger partial charge in [-0.15, -0.1) is 0 Å². The van der Waals surface area contributed by atoms with Crippen LogP contribution >= 0.6 is 0 Å². The Bertz CT molecular complexity index is 1070. The van der Waals surface area contributed by atoms with E-state index in [4.69, 9.17) is 19.5 Å². The quantitative estimate of drug-likeness (QED) is 0.613. The minimum atomic E-state index is -5.08. The Morgan fingerprint density at radius 3 is 2.44 bits per heavy atom. The topological polar surface area (TPSA) is 97.3 Å². The van der Waals surface area contributed by atoms with Crippen LogP contribution in [0.4, 0.5) is 13.2 Å². The molecule has 4 rings (SSSR count). The summed E-state index contributed by atoms with van der Waals surface area (Å²) in [6.45, 7) is 10.8. The highest BCUT2D eigenvalue weighted by Crippen LogP contribution is 2.30. The number of rotatable bonds is 5. The van der Waals surface area contributed by atoms with Crippen molar-refractivity contribution in [2.24, 2.45) is 0 Å². The van der Waals surface area contributed by atoms with Gasteiger partial charge in [0.25, 0.3) is 5.95 Å². The highest BCUT2D eigenvalue weighted by molar-refractivity contribution is 5.83. The second-order valence-electron chi connectivity index (χ2n) is 8.11. The highest BCUT2D eigenvalue weighted by Gasteiger charge is 2.38. The number of halogens is 3. The van der Waals surface area contributed by atoms with Crippen molar-refractivity contribution in [3.8, 4) is 5.95 Å². The van der Waals surface area contributed by atoms with Crippen molar-refractivity contribution in [3.05, 3.63) is 35.9 Å². The van der Waals surface area contributed by atoms with Crippen molar-refractivity contribution in [2.45, 2.75) is 58.2 Å². The molecule has 174 valence electrons. The third-order valence-electron chi connectivity index (χ3n) is 5.50. The molecule has 0 aliphatic carbocycles. The molecule has 1 atom stereocenters. The van der Waals surface area contributed by atoms with Crippen LogP contribution in [0.1, 0.15) is 57.5 Å². The number of carbonyl (C=O) groups is 1. The van der Waals surface area contributed by atoms with Crippen LogP contribution < -0.4 is 0 Å². The van der Waals surface area contributed by atoms with E-state index in [-0.39, 0.29) is 0 Å². The number of para-hydroxylation sites is 1. The summed E-state index contributed by atoms with van der Waals surface area (Å²) in [4.78, 5) is 16.0. The summed E-state index contributed by atoms with van der Waals surface area (Å²) in [5.74, 6) is -0.831. The number of aliphatic carboxylic acids is 1. The highest BCUT2D eigenvalue weighted by atomic mass is 19.4. The molecule has 0 amide bonds. The zero-order valence-corrected chi connectivity index (χ0v) is 18.3. The number of hydrogen-bond acceptors (Lipinski definition) is 6. The van der Waals surface area contributed by atoms with E-state index in [0.29, 0.717) is 23.8 Å². The molecule has 0 saturated carbocycles. The Morgan fingerprint density at radius 2 is 1.88 bits per heavy atom. The molecule has 8 nitrogen and oxygen atoms in total. The Morgan fingerprint density at radius 1 is 1.25 bits per heavy atom. The van der Waals surface area contributed by atoms with Gasteiger partial charge in [0.1, 0.15) is 0 Å². The van der Waals surface area contributed by atoms with Crippen molar-refractivity contribution in [2.75, 3.05) is 13.1 Å². The van der Waals surface area contributed by atoms with Crippen LogP contribution in [0.15, 0.2) is 28.8 Å². The Balaban J connectivity index is 0.000000360. The van der Waals surface area contributed by atoms with Gasteiger partial charge in [-0.1, -0.05) is 39.0 Å². The van der Waals surface area contributed by atoms with Crippen molar-refractivity contribution in [3.63, 3.8) is 0 Å². The van der Waals surface area contributed by atoms with Crippen LogP contribution in [0.2, 0.25) is 0 Å². The number of benzene rings is 1. The van der Waals surface area contributed by atoms with Gasteiger partial charge in [0.2, 0.25) is 5.89 Å². The summed E-state index contributed by atoms with van der Waals surface area (Å²) in [6, 6.07) is 8.83. The number of carboxylic acids is 1. The van der Waals surface area contributed by atoms with Gasteiger partial charge in [-0.2, -0.15) is 27.9 Å². The molecule has 1 saturated heterocycles. The molecule has 1 aromatic carbocycles. The average molecular weight is 453 g/mol. The van der Waals surface area contributed by atoms with Gasteiger partial charge >= 0.3 is 12.1 Å². The lowest BCUT2D eigenvalue weighted by atomic mass is 9.97. The third kappa shape index (κ3) is 4.93. The number of hydrogen-bond donors (Lipinski definition) is 1. The predicted octanol–water partition coefficient (Wildman–Crippen LogP) is 4.36. The van der Waals surface area contributed by atoms with Crippen LogP contribution in [0.25, 0.3) is 16.9 Å². The fourth-order valence-corrected chi connectivity index (χ4v) is 3.44. The molecule has 1 fully saturated rings. The largest absolute Gasteiger partial charge is 0.490 e. The van der Waals surface area contributed by atoms with E-state index in [1.807, 2.05) is 16.8 Å². The molecule has 0 radical (unpaired) electrons. The van der Waals surface area contributed by atoms with Crippen LogP contribution in [0.5, 0.6) is 0 Å². The van der Waals surface area contributed by atoms with Crippen molar-refractivity contribution in [1.82, 2.24) is 24.8 Å². The zero-order chi connectivity index (χ0) is 23.6. The molecule has 3 heterocycles. The summed E-state index contributed by atoms with van der Waals surface area (Å²) in [6.07, 6.45) is -3.92. The minimum absolute atomic E-state index is 0.335. The maximum atomic E-state index is 10.6. The van der Waals surface area contributed by atoms with Crippen LogP contribution in [-0.2, 0) is 4.79 Å². The molecule has 1 aliphatic rings. The van der Waals surface area contributed by atoms with Gasteiger partial charge in [-0.05, 0) is 30.5 Å². The van der Waals surface area contributed by atoms with E-state index in [9.17, 15) is 13.2 Å². The van der Waals surface area contributed by atoms with Crippen LogP contribution in [0, 0.1) is 0 Å². The fourth-order valence-electron chi connectivity index (χ4n) is 3.44. The lowest BCUT2D eigenvalue weighted by molar-refractivity contribution is -0.192. The number of fused-ring (bicyclic) bond motifs is 1. The molecule has 2 aromatic heterocycles. The van der Waals surface area contributed by atoms with Crippen molar-refractivity contribution in [1.29, 1.82) is 0 Å². The number of carboxylic acid groups (broad SMARTS) is 1. The van der Waals surface area contributed by atoms with Gasteiger partial charge in [-0.3, -0.25) is 4.90 Å². The van der Waals surface area contributed by atoms with Gasteiger partial charge in [-0.25, -0.2) is 4.79 Å². The lowest BCUT2D eigenvalue weighted by Crippen LogP contribution is -2.49. The molecular formula is C21H26F3N5O3. The summed E-state index contributed by atoms with van der Waals surface area (Å²) in [5.41, 5.74) is 2.09. The first-order valence-electron chi connectivity index (χ1n) is 10.4. The molecule has 32 heavy (non-hydrogen) atoms. The Kier molecular flexibility index (Phi) is 6.87. The Hall–Kier alpha value is -2.95. The molecule has 1 aliphatic heterocycles. The molecule has 1 unspecified atom stereocenters. The number of aromatic nitrogens is 4. The SMILES string of the molecule is CCC(C)N1CC(c2nc(-n3nc(C(C)C)c4ccccc43)no2)C1.O=C(O)C(F)(F)F. The first-order valence-corrected chi connectivity index (χ1v) is 10.4. The smallest absolute Gasteiger partial charge is 0.475 e. The van der Waals surface area contributed by atoms with Crippen LogP contribution in [-0.4, -0.2) is 61.2 Å². The van der Waals surface area contributed by atoms with Crippen LogP contribution in [0.3, 0.4) is 0 Å². The normalized spacial score (nSPS) is 16.0. The number of likely N-dealkylation sites (tertiary alicyclic amines) is 1. The van der Waals surface area contributed by atoms with E-state index in [1.54, 1.807) is 0 Å². The zero-order valence-electron chi connectivity index (χ0n) is 18.3. The maximum Gasteiger partial charge on any atom is 0.490 e. The molecule has 0 spiro atoms.